The van der Waals surface area contributed by atoms with Crippen molar-refractivity contribution in [3.63, 3.8) is 0 Å². The summed E-state index contributed by atoms with van der Waals surface area (Å²) in [6.07, 6.45) is 2.62. The summed E-state index contributed by atoms with van der Waals surface area (Å²) in [5.41, 5.74) is 2.04. The van der Waals surface area contributed by atoms with E-state index in [-0.39, 0.29) is 19.0 Å². The molecule has 1 unspecified atom stereocenters. The highest BCUT2D eigenvalue weighted by molar-refractivity contribution is 5.89. The van der Waals surface area contributed by atoms with Gasteiger partial charge >= 0.3 is 5.97 Å². The van der Waals surface area contributed by atoms with E-state index in [0.717, 1.165) is 12.0 Å². The number of carboxylic acids is 1. The molecule has 1 aromatic carbocycles. The molecule has 1 N–H and O–H groups in total. The van der Waals surface area contributed by atoms with E-state index in [4.69, 9.17) is 14.6 Å². The SMILES string of the molecule is CCOC(=Cc1ccc(OCC(F)c2ccc(CC)cn2)cc1)C(=O)O. The van der Waals surface area contributed by atoms with Crippen LogP contribution in [0.4, 0.5) is 4.39 Å². The number of halogens is 1. The lowest BCUT2D eigenvalue weighted by Gasteiger charge is -2.11. The Morgan fingerprint density at radius 2 is 1.96 bits per heavy atom. The standard InChI is InChI=1S/C20H22FNO4/c1-3-14-7-10-18(22-12-14)17(21)13-26-16-8-5-15(6-9-16)11-19(20(23)24)25-4-2/h5-12,17H,3-4,13H2,1-2H3,(H,23,24). The molecule has 2 rings (SSSR count). The number of nitrogens with zero attached hydrogens (tertiary/aromatic N) is 1. The smallest absolute Gasteiger partial charge is 0.371 e. The monoisotopic (exact) mass is 359 g/mol. The maximum absolute atomic E-state index is 14.2. The Labute approximate surface area is 152 Å². The molecule has 0 bridgehead atoms. The van der Waals surface area contributed by atoms with E-state index in [2.05, 4.69) is 4.98 Å². The molecule has 0 spiro atoms. The minimum atomic E-state index is -1.32. The van der Waals surface area contributed by atoms with Crippen molar-refractivity contribution in [1.82, 2.24) is 4.98 Å². The number of rotatable bonds is 9. The van der Waals surface area contributed by atoms with Gasteiger partial charge in [-0.25, -0.2) is 9.18 Å². The van der Waals surface area contributed by atoms with Crippen molar-refractivity contribution in [3.8, 4) is 5.75 Å². The molecule has 0 amide bonds. The second-order valence-electron chi connectivity index (χ2n) is 5.54. The molecule has 0 radical (unpaired) electrons. The molecule has 138 valence electrons. The Kier molecular flexibility index (Phi) is 7.14. The third-order valence-corrected chi connectivity index (χ3v) is 3.66. The second kappa shape index (κ2) is 9.56. The Bertz CT molecular complexity index is 741. The molecule has 6 heteroatoms. The first kappa shape index (κ1) is 19.4. The molecule has 0 aliphatic carbocycles. The number of aliphatic carboxylic acids is 1. The van der Waals surface area contributed by atoms with Gasteiger partial charge in [-0.3, -0.25) is 4.98 Å². The van der Waals surface area contributed by atoms with Crippen LogP contribution in [0.25, 0.3) is 6.08 Å². The Morgan fingerprint density at radius 3 is 2.50 bits per heavy atom. The predicted octanol–water partition coefficient (Wildman–Crippen LogP) is 4.20. The van der Waals surface area contributed by atoms with Crippen molar-refractivity contribution in [1.29, 1.82) is 0 Å². The number of aryl methyl sites for hydroxylation is 1. The summed E-state index contributed by atoms with van der Waals surface area (Å²) in [6, 6.07) is 10.2. The number of carboxylic acid groups (broad SMARTS) is 1. The van der Waals surface area contributed by atoms with Crippen LogP contribution in [-0.2, 0) is 16.0 Å². The van der Waals surface area contributed by atoms with Crippen LogP contribution in [0.15, 0.2) is 48.4 Å². The highest BCUT2D eigenvalue weighted by atomic mass is 19.1. The fourth-order valence-electron chi connectivity index (χ4n) is 2.22. The van der Waals surface area contributed by atoms with Gasteiger partial charge in [0.2, 0.25) is 5.76 Å². The van der Waals surface area contributed by atoms with Crippen molar-refractivity contribution >= 4 is 12.0 Å². The van der Waals surface area contributed by atoms with Crippen molar-refractivity contribution in [2.75, 3.05) is 13.2 Å². The van der Waals surface area contributed by atoms with Crippen LogP contribution < -0.4 is 4.74 Å². The zero-order valence-electron chi connectivity index (χ0n) is 14.8. The zero-order chi connectivity index (χ0) is 18.9. The summed E-state index contributed by atoms with van der Waals surface area (Å²) in [6.45, 7) is 3.85. The Morgan fingerprint density at radius 1 is 1.23 bits per heavy atom. The number of hydrogen-bond acceptors (Lipinski definition) is 4. The summed E-state index contributed by atoms with van der Waals surface area (Å²) in [5.74, 6) is -0.774. The van der Waals surface area contributed by atoms with Gasteiger partial charge in [0.1, 0.15) is 12.4 Å². The first-order valence-electron chi connectivity index (χ1n) is 8.43. The van der Waals surface area contributed by atoms with E-state index in [1.165, 1.54) is 6.08 Å². The van der Waals surface area contributed by atoms with Crippen LogP contribution in [0.3, 0.4) is 0 Å². The molecule has 0 aliphatic rings. The largest absolute Gasteiger partial charge is 0.490 e. The summed E-state index contributed by atoms with van der Waals surface area (Å²) in [5, 5.41) is 9.04. The van der Waals surface area contributed by atoms with Crippen LogP contribution >= 0.6 is 0 Å². The normalized spacial score (nSPS) is 12.5. The average Bonchev–Trinajstić information content (AvgIpc) is 2.66. The predicted molar refractivity (Wildman–Crippen MR) is 96.6 cm³/mol. The van der Waals surface area contributed by atoms with Crippen molar-refractivity contribution in [2.24, 2.45) is 0 Å². The first-order chi connectivity index (χ1) is 12.5. The van der Waals surface area contributed by atoms with E-state index < -0.39 is 12.1 Å². The van der Waals surface area contributed by atoms with Gasteiger partial charge in [0.15, 0.2) is 6.17 Å². The first-order valence-corrected chi connectivity index (χ1v) is 8.43. The molecule has 0 fully saturated rings. The molecule has 1 heterocycles. The molecule has 26 heavy (non-hydrogen) atoms. The lowest BCUT2D eigenvalue weighted by molar-refractivity contribution is -0.136. The number of aromatic nitrogens is 1. The minimum absolute atomic E-state index is 0.133. The Hall–Kier alpha value is -2.89. The van der Waals surface area contributed by atoms with Gasteiger partial charge in [-0.05, 0) is 48.7 Å². The van der Waals surface area contributed by atoms with Crippen LogP contribution in [-0.4, -0.2) is 29.3 Å². The lowest BCUT2D eigenvalue weighted by atomic mass is 10.2. The number of alkyl halides is 1. The summed E-state index contributed by atoms with van der Waals surface area (Å²) < 4.78 is 24.7. The molecule has 1 atom stereocenters. The molecule has 0 saturated carbocycles. The van der Waals surface area contributed by atoms with Gasteiger partial charge in [-0.1, -0.05) is 25.1 Å². The molecule has 5 nitrogen and oxygen atoms in total. The fourth-order valence-corrected chi connectivity index (χ4v) is 2.22. The fraction of sp³-hybridized carbons (Fsp3) is 0.300. The van der Waals surface area contributed by atoms with Crippen LogP contribution in [0.5, 0.6) is 5.75 Å². The van der Waals surface area contributed by atoms with Gasteiger partial charge in [0, 0.05) is 6.20 Å². The molecular weight excluding hydrogens is 337 g/mol. The van der Waals surface area contributed by atoms with Crippen LogP contribution in [0, 0.1) is 0 Å². The van der Waals surface area contributed by atoms with E-state index in [9.17, 15) is 9.18 Å². The van der Waals surface area contributed by atoms with Gasteiger partial charge in [0.25, 0.3) is 0 Å². The van der Waals surface area contributed by atoms with Crippen molar-refractivity contribution in [3.05, 3.63) is 65.2 Å². The maximum atomic E-state index is 14.2. The number of ether oxygens (including phenoxy) is 2. The quantitative estimate of drug-likeness (QED) is 0.537. The van der Waals surface area contributed by atoms with Gasteiger partial charge < -0.3 is 14.6 Å². The van der Waals surface area contributed by atoms with Gasteiger partial charge in [-0.15, -0.1) is 0 Å². The minimum Gasteiger partial charge on any atom is -0.490 e. The second-order valence-corrected chi connectivity index (χ2v) is 5.54. The van der Waals surface area contributed by atoms with Crippen LogP contribution in [0.1, 0.15) is 36.8 Å². The van der Waals surface area contributed by atoms with Crippen LogP contribution in [0.2, 0.25) is 0 Å². The van der Waals surface area contributed by atoms with Gasteiger partial charge in [-0.2, -0.15) is 0 Å². The molecule has 0 saturated heterocycles. The highest BCUT2D eigenvalue weighted by Crippen LogP contribution is 2.20. The van der Waals surface area contributed by atoms with E-state index in [1.807, 2.05) is 13.0 Å². The van der Waals surface area contributed by atoms with E-state index in [1.54, 1.807) is 43.5 Å². The maximum Gasteiger partial charge on any atom is 0.371 e. The summed E-state index contributed by atoms with van der Waals surface area (Å²) in [7, 11) is 0. The summed E-state index contributed by atoms with van der Waals surface area (Å²) >= 11 is 0. The molecule has 1 aromatic heterocycles. The third kappa shape index (κ3) is 5.58. The number of pyridine rings is 1. The third-order valence-electron chi connectivity index (χ3n) is 3.66. The summed E-state index contributed by atoms with van der Waals surface area (Å²) in [4.78, 5) is 15.2. The van der Waals surface area contributed by atoms with E-state index in [0.29, 0.717) is 17.0 Å². The number of carbonyl (C=O) groups is 1. The number of hydrogen-bond donors (Lipinski definition) is 1. The van der Waals surface area contributed by atoms with E-state index >= 15 is 0 Å². The highest BCUT2D eigenvalue weighted by Gasteiger charge is 2.12. The van der Waals surface area contributed by atoms with Gasteiger partial charge in [0.05, 0.1) is 12.3 Å². The van der Waals surface area contributed by atoms with Crippen molar-refractivity contribution in [2.45, 2.75) is 26.4 Å². The Balaban J connectivity index is 1.96. The topological polar surface area (TPSA) is 68.7 Å². The molecular formula is C20H22FNO4. The molecule has 0 aliphatic heterocycles. The average molecular weight is 359 g/mol. The lowest BCUT2D eigenvalue weighted by Crippen LogP contribution is -2.07. The van der Waals surface area contributed by atoms with Crippen molar-refractivity contribution < 1.29 is 23.8 Å². The number of benzene rings is 1. The molecule has 2 aromatic rings. The zero-order valence-corrected chi connectivity index (χ0v) is 14.8.